The second-order valence-corrected chi connectivity index (χ2v) is 7.92. The number of rotatable bonds is 2. The molecule has 30 heavy (non-hydrogen) atoms. The van der Waals surface area contributed by atoms with Gasteiger partial charge in [-0.25, -0.2) is 4.98 Å². The lowest BCUT2D eigenvalue weighted by Gasteiger charge is -2.38. The Labute approximate surface area is 173 Å². The van der Waals surface area contributed by atoms with Gasteiger partial charge in [0, 0.05) is 36.4 Å². The topological polar surface area (TPSA) is 87.3 Å². The second kappa shape index (κ2) is 6.73. The summed E-state index contributed by atoms with van der Waals surface area (Å²) in [6, 6.07) is 9.47. The number of fused-ring (bicyclic) bond motifs is 2. The van der Waals surface area contributed by atoms with Crippen molar-refractivity contribution in [3.63, 3.8) is 0 Å². The third-order valence-corrected chi connectivity index (χ3v) is 5.83. The molecule has 0 aliphatic carbocycles. The zero-order valence-electron chi connectivity index (χ0n) is 16.9. The maximum Gasteiger partial charge on any atom is 0.278 e. The highest BCUT2D eigenvalue weighted by Crippen LogP contribution is 2.36. The van der Waals surface area contributed by atoms with Crippen molar-refractivity contribution in [3.8, 4) is 5.75 Å². The molecule has 0 saturated heterocycles. The zero-order valence-corrected chi connectivity index (χ0v) is 16.9. The van der Waals surface area contributed by atoms with Gasteiger partial charge in [-0.1, -0.05) is 12.1 Å². The highest BCUT2D eigenvalue weighted by Gasteiger charge is 2.49. The van der Waals surface area contributed by atoms with Crippen LogP contribution in [0.1, 0.15) is 24.5 Å². The van der Waals surface area contributed by atoms with Crippen LogP contribution in [0.15, 0.2) is 48.8 Å². The third kappa shape index (κ3) is 2.85. The molecule has 0 fully saturated rings. The first-order valence-electron chi connectivity index (χ1n) is 9.98. The number of nitrogens with zero attached hydrogens (tertiary/aromatic N) is 2. The summed E-state index contributed by atoms with van der Waals surface area (Å²) in [4.78, 5) is 35.2. The smallest absolute Gasteiger partial charge is 0.278 e. The lowest BCUT2D eigenvalue weighted by Crippen LogP contribution is -2.60. The Morgan fingerprint density at radius 1 is 1.30 bits per heavy atom. The van der Waals surface area contributed by atoms with Crippen molar-refractivity contribution in [2.75, 3.05) is 18.4 Å². The first kappa shape index (κ1) is 18.4. The summed E-state index contributed by atoms with van der Waals surface area (Å²) in [5.41, 5.74) is 3.14. The number of benzene rings is 1. The van der Waals surface area contributed by atoms with Crippen LogP contribution in [-0.2, 0) is 9.59 Å². The molecule has 7 heteroatoms. The van der Waals surface area contributed by atoms with Gasteiger partial charge >= 0.3 is 0 Å². The van der Waals surface area contributed by atoms with Crippen molar-refractivity contribution in [1.29, 1.82) is 0 Å². The van der Waals surface area contributed by atoms with E-state index in [2.05, 4.69) is 15.3 Å². The Bertz CT molecular complexity index is 1210. The molecule has 1 aromatic carbocycles. The van der Waals surface area contributed by atoms with Gasteiger partial charge in [0.1, 0.15) is 11.4 Å². The molecule has 152 valence electrons. The van der Waals surface area contributed by atoms with Crippen LogP contribution >= 0.6 is 0 Å². The van der Waals surface area contributed by atoms with Crippen LogP contribution in [0.25, 0.3) is 16.6 Å². The van der Waals surface area contributed by atoms with Crippen molar-refractivity contribution in [3.05, 3.63) is 59.9 Å². The molecule has 7 nitrogen and oxygen atoms in total. The summed E-state index contributed by atoms with van der Waals surface area (Å²) in [7, 11) is 0. The molecule has 2 aromatic heterocycles. The summed E-state index contributed by atoms with van der Waals surface area (Å²) >= 11 is 0. The number of anilines is 1. The first-order chi connectivity index (χ1) is 14.5. The van der Waals surface area contributed by atoms with Crippen LogP contribution in [0.3, 0.4) is 0 Å². The van der Waals surface area contributed by atoms with Gasteiger partial charge in [0.05, 0.1) is 5.69 Å². The van der Waals surface area contributed by atoms with E-state index in [1.165, 1.54) is 12.5 Å². The molecular formula is C23H22N4O3. The molecule has 0 radical (unpaired) electrons. The molecular weight excluding hydrogens is 380 g/mol. The average molecular weight is 402 g/mol. The quantitative estimate of drug-likeness (QED) is 0.644. The number of carbonyl (C=O) groups is 2. The van der Waals surface area contributed by atoms with E-state index in [9.17, 15) is 9.59 Å². The number of ether oxygens (including phenoxy) is 1. The number of aromatic nitrogens is 2. The molecule has 0 saturated carbocycles. The summed E-state index contributed by atoms with van der Waals surface area (Å²) in [5, 5.41) is 3.89. The molecule has 0 spiro atoms. The van der Waals surface area contributed by atoms with E-state index in [0.29, 0.717) is 30.9 Å². The fourth-order valence-corrected chi connectivity index (χ4v) is 4.10. The number of hydrogen-bond donors (Lipinski definition) is 2. The van der Waals surface area contributed by atoms with Gasteiger partial charge in [0.25, 0.3) is 17.4 Å². The van der Waals surface area contributed by atoms with Crippen molar-refractivity contribution in [2.24, 2.45) is 0 Å². The number of H-pyrrole nitrogens is 1. The Balaban J connectivity index is 1.37. The van der Waals surface area contributed by atoms with Crippen LogP contribution in [0.4, 0.5) is 5.69 Å². The van der Waals surface area contributed by atoms with Gasteiger partial charge in [0.2, 0.25) is 0 Å². The number of hydrogen-bond acceptors (Lipinski definition) is 4. The number of amides is 2. The van der Waals surface area contributed by atoms with Crippen molar-refractivity contribution < 1.29 is 14.3 Å². The molecule has 1 unspecified atom stereocenters. The third-order valence-electron chi connectivity index (χ3n) is 5.83. The highest BCUT2D eigenvalue weighted by molar-refractivity contribution is 6.15. The first-order valence-corrected chi connectivity index (χ1v) is 9.98. The highest BCUT2D eigenvalue weighted by atomic mass is 16.5. The largest absolute Gasteiger partial charge is 0.466 e. The molecule has 4 heterocycles. The maximum atomic E-state index is 13.3. The lowest BCUT2D eigenvalue weighted by molar-refractivity contribution is -0.154. The fraction of sp³-hybridized carbons (Fsp3) is 0.261. The van der Waals surface area contributed by atoms with Crippen LogP contribution in [0.2, 0.25) is 0 Å². The minimum absolute atomic E-state index is 0.331. The van der Waals surface area contributed by atoms with E-state index >= 15 is 0 Å². The van der Waals surface area contributed by atoms with E-state index < -0.39 is 11.5 Å². The lowest BCUT2D eigenvalue weighted by atomic mass is 9.96. The minimum Gasteiger partial charge on any atom is -0.466 e. The standard InChI is InChI=1S/C23H22N4O3/c1-14-5-6-19-18(12-14)26-21(28)23(2,30-19)22(29)27-10-7-15(8-11-27)17-13-25-20-16(17)4-3-9-24-20/h3-7,9,12-13H,8,10-11H2,1-2H3,(H,24,25)(H,26,28). The number of carbonyl (C=O) groups excluding carboxylic acids is 2. The predicted octanol–water partition coefficient (Wildman–Crippen LogP) is 3.28. The molecule has 5 rings (SSSR count). The predicted molar refractivity (Wildman–Crippen MR) is 114 cm³/mol. The van der Waals surface area contributed by atoms with Gasteiger partial charge in [-0.05, 0) is 55.7 Å². The van der Waals surface area contributed by atoms with Gasteiger partial charge in [-0.2, -0.15) is 0 Å². The fourth-order valence-electron chi connectivity index (χ4n) is 4.10. The van der Waals surface area contributed by atoms with Gasteiger partial charge in [0.15, 0.2) is 0 Å². The van der Waals surface area contributed by atoms with Crippen LogP contribution in [0.5, 0.6) is 5.75 Å². The van der Waals surface area contributed by atoms with Gasteiger partial charge < -0.3 is 19.9 Å². The Kier molecular flexibility index (Phi) is 4.13. The van der Waals surface area contributed by atoms with Crippen molar-refractivity contribution in [1.82, 2.24) is 14.9 Å². The van der Waals surface area contributed by atoms with E-state index in [1.807, 2.05) is 43.5 Å². The Morgan fingerprint density at radius 2 is 2.17 bits per heavy atom. The maximum absolute atomic E-state index is 13.3. The van der Waals surface area contributed by atoms with Crippen molar-refractivity contribution in [2.45, 2.75) is 25.9 Å². The average Bonchev–Trinajstić information content (AvgIpc) is 3.19. The number of pyridine rings is 1. The van der Waals surface area contributed by atoms with Crippen LogP contribution < -0.4 is 10.1 Å². The minimum atomic E-state index is -1.59. The molecule has 0 bridgehead atoms. The number of aromatic amines is 1. The van der Waals surface area contributed by atoms with Gasteiger partial charge in [-0.15, -0.1) is 0 Å². The molecule has 3 aromatic rings. The van der Waals surface area contributed by atoms with E-state index in [0.717, 1.165) is 22.2 Å². The van der Waals surface area contributed by atoms with Gasteiger partial charge in [-0.3, -0.25) is 9.59 Å². The number of aryl methyl sites for hydroxylation is 1. The summed E-state index contributed by atoms with van der Waals surface area (Å²) in [6.45, 7) is 4.42. The van der Waals surface area contributed by atoms with Crippen molar-refractivity contribution >= 4 is 34.1 Å². The van der Waals surface area contributed by atoms with Crippen LogP contribution in [-0.4, -0.2) is 45.4 Å². The SMILES string of the molecule is Cc1ccc2c(c1)NC(=O)C(C)(C(=O)N1CC=C(c3c[nH]c4ncccc34)CC1)O2. The van der Waals surface area contributed by atoms with Crippen LogP contribution in [0, 0.1) is 6.92 Å². The molecule has 2 aliphatic heterocycles. The van der Waals surface area contributed by atoms with E-state index in [-0.39, 0.29) is 5.91 Å². The zero-order chi connectivity index (χ0) is 20.9. The van der Waals surface area contributed by atoms with E-state index in [1.54, 1.807) is 17.2 Å². The summed E-state index contributed by atoms with van der Waals surface area (Å²) < 4.78 is 5.92. The second-order valence-electron chi connectivity index (χ2n) is 7.92. The Morgan fingerprint density at radius 3 is 2.97 bits per heavy atom. The molecule has 1 atom stereocenters. The number of nitrogens with one attached hydrogen (secondary N) is 2. The normalized spacial score (nSPS) is 20.9. The molecule has 2 aliphatic rings. The summed E-state index contributed by atoms with van der Waals surface area (Å²) in [6.07, 6.45) is 6.45. The summed E-state index contributed by atoms with van der Waals surface area (Å²) in [5.74, 6) is -0.263. The van der Waals surface area contributed by atoms with E-state index in [4.69, 9.17) is 4.74 Å². The Hall–Kier alpha value is -3.61. The molecule has 2 amide bonds. The molecule has 2 N–H and O–H groups in total. The monoisotopic (exact) mass is 402 g/mol.